The fourth-order valence-electron chi connectivity index (χ4n) is 1.47. The smallest absolute Gasteiger partial charge is 0.257 e. The Morgan fingerprint density at radius 1 is 1.35 bits per heavy atom. The van der Waals surface area contributed by atoms with Gasteiger partial charge in [0.25, 0.3) is 5.91 Å². The molecule has 3 nitrogen and oxygen atoms in total. The SMILES string of the molecule is Cc1ccncc1C(=O)Nc1cccc(Cl)c1. The van der Waals surface area contributed by atoms with Crippen LogP contribution in [0.15, 0.2) is 42.7 Å². The van der Waals surface area contributed by atoms with Crippen molar-refractivity contribution in [1.29, 1.82) is 0 Å². The van der Waals surface area contributed by atoms with Crippen LogP contribution in [0.2, 0.25) is 5.02 Å². The second kappa shape index (κ2) is 4.97. The molecule has 86 valence electrons. The number of nitrogens with one attached hydrogen (secondary N) is 1. The van der Waals surface area contributed by atoms with Crippen molar-refractivity contribution in [3.05, 3.63) is 58.9 Å². The number of halogens is 1. The molecule has 0 spiro atoms. The molecule has 0 aliphatic rings. The Labute approximate surface area is 104 Å². The summed E-state index contributed by atoms with van der Waals surface area (Å²) >= 11 is 5.84. The van der Waals surface area contributed by atoms with Gasteiger partial charge in [-0.15, -0.1) is 0 Å². The highest BCUT2D eigenvalue weighted by atomic mass is 35.5. The first-order valence-electron chi connectivity index (χ1n) is 5.14. The minimum atomic E-state index is -0.183. The zero-order valence-electron chi connectivity index (χ0n) is 9.27. The van der Waals surface area contributed by atoms with Gasteiger partial charge >= 0.3 is 0 Å². The minimum absolute atomic E-state index is 0.183. The molecule has 1 amide bonds. The van der Waals surface area contributed by atoms with Crippen molar-refractivity contribution in [2.45, 2.75) is 6.92 Å². The number of hydrogen-bond acceptors (Lipinski definition) is 2. The quantitative estimate of drug-likeness (QED) is 0.884. The standard InChI is InChI=1S/C13H11ClN2O/c1-9-5-6-15-8-12(9)13(17)16-11-4-2-3-10(14)7-11/h2-8H,1H3,(H,16,17). The zero-order valence-corrected chi connectivity index (χ0v) is 10.0. The molecule has 0 unspecified atom stereocenters. The number of anilines is 1. The number of pyridine rings is 1. The lowest BCUT2D eigenvalue weighted by Gasteiger charge is -2.07. The van der Waals surface area contributed by atoms with E-state index in [9.17, 15) is 4.79 Å². The molecular weight excluding hydrogens is 236 g/mol. The van der Waals surface area contributed by atoms with E-state index in [0.29, 0.717) is 16.3 Å². The summed E-state index contributed by atoms with van der Waals surface area (Å²) in [6, 6.07) is 8.83. The number of aryl methyl sites for hydroxylation is 1. The van der Waals surface area contributed by atoms with E-state index < -0.39 is 0 Å². The van der Waals surface area contributed by atoms with Crippen LogP contribution in [0.4, 0.5) is 5.69 Å². The van der Waals surface area contributed by atoms with Gasteiger partial charge in [-0.2, -0.15) is 0 Å². The Morgan fingerprint density at radius 2 is 2.18 bits per heavy atom. The van der Waals surface area contributed by atoms with Crippen molar-refractivity contribution >= 4 is 23.2 Å². The molecule has 0 atom stereocenters. The van der Waals surface area contributed by atoms with Crippen molar-refractivity contribution in [2.75, 3.05) is 5.32 Å². The molecule has 17 heavy (non-hydrogen) atoms. The van der Waals surface area contributed by atoms with Crippen molar-refractivity contribution < 1.29 is 4.79 Å². The minimum Gasteiger partial charge on any atom is -0.322 e. The molecule has 0 saturated carbocycles. The Bertz CT molecular complexity index is 555. The van der Waals surface area contributed by atoms with Crippen LogP contribution in [0.1, 0.15) is 15.9 Å². The van der Waals surface area contributed by atoms with Crippen molar-refractivity contribution in [1.82, 2.24) is 4.98 Å². The van der Waals surface area contributed by atoms with E-state index in [0.717, 1.165) is 5.56 Å². The predicted molar refractivity (Wildman–Crippen MR) is 68.4 cm³/mol. The fourth-order valence-corrected chi connectivity index (χ4v) is 1.66. The summed E-state index contributed by atoms with van der Waals surface area (Å²) in [6.45, 7) is 1.87. The van der Waals surface area contributed by atoms with E-state index in [1.807, 2.05) is 6.92 Å². The van der Waals surface area contributed by atoms with Gasteiger partial charge in [0.15, 0.2) is 0 Å². The molecular formula is C13H11ClN2O. The number of carbonyl (C=O) groups is 1. The van der Waals surface area contributed by atoms with Crippen molar-refractivity contribution in [2.24, 2.45) is 0 Å². The third-order valence-electron chi connectivity index (χ3n) is 2.37. The highest BCUT2D eigenvalue weighted by molar-refractivity contribution is 6.30. The lowest BCUT2D eigenvalue weighted by Crippen LogP contribution is -2.13. The summed E-state index contributed by atoms with van der Waals surface area (Å²) in [5.41, 5.74) is 2.12. The Morgan fingerprint density at radius 3 is 2.88 bits per heavy atom. The van der Waals surface area contributed by atoms with Crippen LogP contribution in [0.3, 0.4) is 0 Å². The number of hydrogen-bond donors (Lipinski definition) is 1. The topological polar surface area (TPSA) is 42.0 Å². The molecule has 2 aromatic rings. The molecule has 1 N–H and O–H groups in total. The number of amides is 1. The molecule has 0 fully saturated rings. The van der Waals surface area contributed by atoms with Gasteiger partial charge in [0, 0.05) is 23.1 Å². The second-order valence-corrected chi connectivity index (χ2v) is 4.09. The maximum Gasteiger partial charge on any atom is 0.257 e. The number of carbonyl (C=O) groups excluding carboxylic acids is 1. The molecule has 0 bridgehead atoms. The third kappa shape index (κ3) is 2.82. The van der Waals surface area contributed by atoms with Gasteiger partial charge in [0.2, 0.25) is 0 Å². The molecule has 2 rings (SSSR count). The van der Waals surface area contributed by atoms with Crippen molar-refractivity contribution in [3.63, 3.8) is 0 Å². The van der Waals surface area contributed by atoms with Crippen LogP contribution in [0.5, 0.6) is 0 Å². The van der Waals surface area contributed by atoms with Crippen LogP contribution >= 0.6 is 11.6 Å². The van der Waals surface area contributed by atoms with Gasteiger partial charge in [0.1, 0.15) is 0 Å². The fraction of sp³-hybridized carbons (Fsp3) is 0.0769. The van der Waals surface area contributed by atoms with Crippen LogP contribution < -0.4 is 5.32 Å². The van der Waals surface area contributed by atoms with Gasteiger partial charge in [-0.1, -0.05) is 17.7 Å². The lowest BCUT2D eigenvalue weighted by molar-refractivity contribution is 0.102. The Hall–Kier alpha value is -1.87. The molecule has 4 heteroatoms. The summed E-state index contributed by atoms with van der Waals surface area (Å²) in [5, 5.41) is 3.37. The molecule has 0 aliphatic carbocycles. The number of rotatable bonds is 2. The van der Waals surface area contributed by atoms with Crippen LogP contribution in [0, 0.1) is 6.92 Å². The van der Waals surface area contributed by atoms with Crippen LogP contribution in [0.25, 0.3) is 0 Å². The predicted octanol–water partition coefficient (Wildman–Crippen LogP) is 3.30. The molecule has 0 radical (unpaired) electrons. The maximum atomic E-state index is 12.0. The zero-order chi connectivity index (χ0) is 12.3. The number of benzene rings is 1. The molecule has 0 aliphatic heterocycles. The first-order chi connectivity index (χ1) is 8.16. The van der Waals surface area contributed by atoms with E-state index in [1.54, 1.807) is 42.7 Å². The monoisotopic (exact) mass is 246 g/mol. The normalized spacial score (nSPS) is 10.0. The largest absolute Gasteiger partial charge is 0.322 e. The molecule has 1 aromatic heterocycles. The number of nitrogens with zero attached hydrogens (tertiary/aromatic N) is 1. The van der Waals surface area contributed by atoms with Gasteiger partial charge in [0.05, 0.1) is 5.56 Å². The average Bonchev–Trinajstić information content (AvgIpc) is 2.29. The summed E-state index contributed by atoms with van der Waals surface area (Å²) in [6.07, 6.45) is 3.21. The first kappa shape index (κ1) is 11.6. The van der Waals surface area contributed by atoms with E-state index in [4.69, 9.17) is 11.6 Å². The van der Waals surface area contributed by atoms with Crippen LogP contribution in [-0.4, -0.2) is 10.9 Å². The Balaban J connectivity index is 2.20. The van der Waals surface area contributed by atoms with Gasteiger partial charge in [-0.05, 0) is 36.8 Å². The van der Waals surface area contributed by atoms with Gasteiger partial charge in [-0.25, -0.2) is 0 Å². The average molecular weight is 247 g/mol. The second-order valence-electron chi connectivity index (χ2n) is 3.66. The van der Waals surface area contributed by atoms with E-state index >= 15 is 0 Å². The Kier molecular flexibility index (Phi) is 3.40. The van der Waals surface area contributed by atoms with Crippen molar-refractivity contribution in [3.8, 4) is 0 Å². The van der Waals surface area contributed by atoms with E-state index in [-0.39, 0.29) is 5.91 Å². The summed E-state index contributed by atoms with van der Waals surface area (Å²) < 4.78 is 0. The highest BCUT2D eigenvalue weighted by Crippen LogP contribution is 2.16. The summed E-state index contributed by atoms with van der Waals surface area (Å²) in [4.78, 5) is 15.9. The van der Waals surface area contributed by atoms with E-state index in [1.165, 1.54) is 0 Å². The molecule has 1 aromatic carbocycles. The van der Waals surface area contributed by atoms with Crippen LogP contribution in [-0.2, 0) is 0 Å². The van der Waals surface area contributed by atoms with Gasteiger partial charge in [-0.3, -0.25) is 9.78 Å². The lowest BCUT2D eigenvalue weighted by atomic mass is 10.1. The molecule has 0 saturated heterocycles. The maximum absolute atomic E-state index is 12.0. The number of aromatic nitrogens is 1. The molecule has 1 heterocycles. The summed E-state index contributed by atoms with van der Waals surface area (Å²) in [7, 11) is 0. The van der Waals surface area contributed by atoms with E-state index in [2.05, 4.69) is 10.3 Å². The summed E-state index contributed by atoms with van der Waals surface area (Å²) in [5.74, 6) is -0.183. The van der Waals surface area contributed by atoms with Gasteiger partial charge < -0.3 is 5.32 Å². The third-order valence-corrected chi connectivity index (χ3v) is 2.60. The first-order valence-corrected chi connectivity index (χ1v) is 5.52. The highest BCUT2D eigenvalue weighted by Gasteiger charge is 2.08.